The molecule has 1 aliphatic rings. The SMILES string of the molecule is Cc1cc(Cl)c(N)cc1S(=O)(=O)N(CC(F)(F)F)C1CC1. The van der Waals surface area contributed by atoms with E-state index >= 15 is 0 Å². The molecule has 0 aliphatic heterocycles. The van der Waals surface area contributed by atoms with Crippen LogP contribution < -0.4 is 5.73 Å². The van der Waals surface area contributed by atoms with E-state index in [9.17, 15) is 21.6 Å². The summed E-state index contributed by atoms with van der Waals surface area (Å²) in [4.78, 5) is -0.236. The van der Waals surface area contributed by atoms with Crippen LogP contribution in [0.3, 0.4) is 0 Å². The minimum atomic E-state index is -4.60. The smallest absolute Gasteiger partial charge is 0.397 e. The number of nitrogens with zero attached hydrogens (tertiary/aromatic N) is 1. The van der Waals surface area contributed by atoms with E-state index in [1.54, 1.807) is 0 Å². The second-order valence-corrected chi connectivity index (χ2v) is 7.30. The molecule has 1 aliphatic carbocycles. The van der Waals surface area contributed by atoms with E-state index < -0.39 is 28.8 Å². The minimum absolute atomic E-state index is 0.0172. The van der Waals surface area contributed by atoms with Gasteiger partial charge in [0, 0.05) is 6.04 Å². The summed E-state index contributed by atoms with van der Waals surface area (Å²) in [6.07, 6.45) is -3.74. The van der Waals surface area contributed by atoms with Crippen LogP contribution in [0.4, 0.5) is 18.9 Å². The second kappa shape index (κ2) is 5.33. The Morgan fingerprint density at radius 1 is 1.38 bits per heavy atom. The van der Waals surface area contributed by atoms with E-state index in [2.05, 4.69) is 0 Å². The van der Waals surface area contributed by atoms with Crippen molar-refractivity contribution in [2.24, 2.45) is 0 Å². The maximum Gasteiger partial charge on any atom is 0.402 e. The number of rotatable bonds is 4. The number of aryl methyl sites for hydroxylation is 1. The molecule has 118 valence electrons. The molecule has 0 aromatic heterocycles. The molecule has 1 fully saturated rings. The Labute approximate surface area is 125 Å². The normalized spacial score (nSPS) is 16.5. The van der Waals surface area contributed by atoms with Crippen LogP contribution in [0.5, 0.6) is 0 Å². The van der Waals surface area contributed by atoms with Crippen molar-refractivity contribution in [2.45, 2.75) is 36.9 Å². The molecule has 9 heteroatoms. The zero-order valence-corrected chi connectivity index (χ0v) is 12.7. The number of benzene rings is 1. The van der Waals surface area contributed by atoms with Gasteiger partial charge in [0.05, 0.1) is 15.6 Å². The molecule has 2 N–H and O–H groups in total. The van der Waals surface area contributed by atoms with Crippen LogP contribution in [0.1, 0.15) is 18.4 Å². The summed E-state index contributed by atoms with van der Waals surface area (Å²) in [5.74, 6) is 0. The zero-order chi connectivity index (χ0) is 16.0. The molecule has 0 bridgehead atoms. The first-order valence-corrected chi connectivity index (χ1v) is 7.98. The average molecular weight is 343 g/mol. The topological polar surface area (TPSA) is 63.4 Å². The number of hydrogen-bond donors (Lipinski definition) is 1. The Kier molecular flexibility index (Phi) is 4.16. The molecular formula is C12H14ClF3N2O2S. The van der Waals surface area contributed by atoms with Crippen LogP contribution in [0, 0.1) is 6.92 Å². The lowest BCUT2D eigenvalue weighted by Crippen LogP contribution is -2.40. The van der Waals surface area contributed by atoms with Crippen molar-refractivity contribution >= 4 is 27.3 Å². The summed E-state index contributed by atoms with van der Waals surface area (Å²) in [6, 6.07) is 1.84. The Bertz CT molecular complexity index is 657. The third kappa shape index (κ3) is 3.61. The van der Waals surface area contributed by atoms with Gasteiger partial charge in [0.1, 0.15) is 6.54 Å². The monoisotopic (exact) mass is 342 g/mol. The number of hydrogen-bond acceptors (Lipinski definition) is 3. The van der Waals surface area contributed by atoms with Gasteiger partial charge in [-0.2, -0.15) is 17.5 Å². The Morgan fingerprint density at radius 3 is 2.43 bits per heavy atom. The van der Waals surface area contributed by atoms with Crippen LogP contribution >= 0.6 is 11.6 Å². The molecule has 4 nitrogen and oxygen atoms in total. The number of alkyl halides is 3. The van der Waals surface area contributed by atoms with Gasteiger partial charge in [0.15, 0.2) is 0 Å². The van der Waals surface area contributed by atoms with Gasteiger partial charge in [-0.3, -0.25) is 0 Å². The van der Waals surface area contributed by atoms with Crippen molar-refractivity contribution in [1.29, 1.82) is 0 Å². The van der Waals surface area contributed by atoms with E-state index in [-0.39, 0.29) is 21.2 Å². The summed E-state index contributed by atoms with van der Waals surface area (Å²) >= 11 is 5.78. The summed E-state index contributed by atoms with van der Waals surface area (Å²) in [5.41, 5.74) is 5.85. The summed E-state index contributed by atoms with van der Waals surface area (Å²) in [6.45, 7) is -0.0289. The minimum Gasteiger partial charge on any atom is -0.397 e. The van der Waals surface area contributed by atoms with Gasteiger partial charge in [0.25, 0.3) is 0 Å². The predicted octanol–water partition coefficient (Wildman–Crippen LogP) is 2.95. The molecule has 2 rings (SSSR count). The lowest BCUT2D eigenvalue weighted by Gasteiger charge is -2.24. The molecular weight excluding hydrogens is 329 g/mol. The Balaban J connectivity index is 2.46. The number of sulfonamides is 1. The van der Waals surface area contributed by atoms with Gasteiger partial charge in [-0.25, -0.2) is 8.42 Å². The molecule has 0 spiro atoms. The third-order valence-electron chi connectivity index (χ3n) is 3.17. The van der Waals surface area contributed by atoms with Gasteiger partial charge in [-0.05, 0) is 37.5 Å². The number of nitrogens with two attached hydrogens (primary N) is 1. The lowest BCUT2D eigenvalue weighted by molar-refractivity contribution is -0.137. The quantitative estimate of drug-likeness (QED) is 0.856. The fourth-order valence-corrected chi connectivity index (χ4v) is 4.15. The standard InChI is InChI=1S/C12H14ClF3N2O2S/c1-7-4-9(13)10(17)5-11(7)21(19,20)18(8-2-3-8)6-12(14,15)16/h4-5,8H,2-3,6,17H2,1H3. The first-order chi connectivity index (χ1) is 9.52. The van der Waals surface area contributed by atoms with Crippen LogP contribution in [0.25, 0.3) is 0 Å². The maximum absolute atomic E-state index is 12.6. The highest BCUT2D eigenvalue weighted by molar-refractivity contribution is 7.89. The van der Waals surface area contributed by atoms with E-state index in [0.29, 0.717) is 17.1 Å². The number of anilines is 1. The summed E-state index contributed by atoms with van der Waals surface area (Å²) in [5, 5.41) is 0.167. The molecule has 0 unspecified atom stereocenters. The number of nitrogen functional groups attached to an aromatic ring is 1. The molecule has 0 heterocycles. The second-order valence-electron chi connectivity index (χ2n) is 5.04. The molecule has 0 radical (unpaired) electrons. The van der Waals surface area contributed by atoms with Crippen molar-refractivity contribution in [1.82, 2.24) is 4.31 Å². The lowest BCUT2D eigenvalue weighted by atomic mass is 10.2. The van der Waals surface area contributed by atoms with Gasteiger partial charge in [-0.1, -0.05) is 11.6 Å². The Hall–Kier alpha value is -0.990. The predicted molar refractivity (Wildman–Crippen MR) is 73.6 cm³/mol. The van der Waals surface area contributed by atoms with Gasteiger partial charge in [-0.15, -0.1) is 0 Å². The molecule has 1 saturated carbocycles. The highest BCUT2D eigenvalue weighted by atomic mass is 35.5. The van der Waals surface area contributed by atoms with Crippen molar-refractivity contribution in [3.8, 4) is 0 Å². The molecule has 0 amide bonds. The van der Waals surface area contributed by atoms with Crippen molar-refractivity contribution in [3.05, 3.63) is 22.7 Å². The fraction of sp³-hybridized carbons (Fsp3) is 0.500. The highest BCUT2D eigenvalue weighted by Gasteiger charge is 2.45. The van der Waals surface area contributed by atoms with Crippen LogP contribution in [-0.4, -0.2) is 31.5 Å². The third-order valence-corrected chi connectivity index (χ3v) is 5.54. The molecule has 0 atom stereocenters. The molecule has 0 saturated heterocycles. The first kappa shape index (κ1) is 16.4. The van der Waals surface area contributed by atoms with E-state index in [0.717, 1.165) is 6.07 Å². The molecule has 1 aromatic carbocycles. The first-order valence-electron chi connectivity index (χ1n) is 6.16. The highest BCUT2D eigenvalue weighted by Crippen LogP contribution is 2.36. The van der Waals surface area contributed by atoms with Gasteiger partial charge >= 0.3 is 6.18 Å². The van der Waals surface area contributed by atoms with Crippen molar-refractivity contribution in [2.75, 3.05) is 12.3 Å². The van der Waals surface area contributed by atoms with Gasteiger partial charge in [0.2, 0.25) is 10.0 Å². The van der Waals surface area contributed by atoms with Crippen molar-refractivity contribution in [3.63, 3.8) is 0 Å². The molecule has 1 aromatic rings. The van der Waals surface area contributed by atoms with Crippen molar-refractivity contribution < 1.29 is 21.6 Å². The van der Waals surface area contributed by atoms with E-state index in [4.69, 9.17) is 17.3 Å². The van der Waals surface area contributed by atoms with Crippen LogP contribution in [-0.2, 0) is 10.0 Å². The molecule has 21 heavy (non-hydrogen) atoms. The van der Waals surface area contributed by atoms with E-state index in [1.165, 1.54) is 13.0 Å². The summed E-state index contributed by atoms with van der Waals surface area (Å²) in [7, 11) is -4.27. The number of halogens is 4. The maximum atomic E-state index is 12.6. The van der Waals surface area contributed by atoms with Crippen LogP contribution in [0.2, 0.25) is 5.02 Å². The largest absolute Gasteiger partial charge is 0.402 e. The van der Waals surface area contributed by atoms with E-state index in [1.807, 2.05) is 0 Å². The summed E-state index contributed by atoms with van der Waals surface area (Å²) < 4.78 is 63.4. The average Bonchev–Trinajstić information content (AvgIpc) is 3.13. The van der Waals surface area contributed by atoms with Gasteiger partial charge < -0.3 is 5.73 Å². The zero-order valence-electron chi connectivity index (χ0n) is 11.1. The van der Waals surface area contributed by atoms with Crippen LogP contribution in [0.15, 0.2) is 17.0 Å². The Morgan fingerprint density at radius 2 is 1.95 bits per heavy atom. The fourth-order valence-electron chi connectivity index (χ4n) is 2.02.